The first-order valence-corrected chi connectivity index (χ1v) is 4.25. The molecule has 2 aromatic heterocycles. The summed E-state index contributed by atoms with van der Waals surface area (Å²) in [6, 6.07) is 1.92. The fraction of sp³-hybridized carbons (Fsp3) is 0.200. The number of nitrogens with one attached hydrogen (secondary N) is 1. The number of ether oxygens (including phenoxy) is 1. The summed E-state index contributed by atoms with van der Waals surface area (Å²) >= 11 is 0. The second kappa shape index (κ2) is 3.14. The lowest BCUT2D eigenvalue weighted by molar-refractivity contribution is 0.0593. The lowest BCUT2D eigenvalue weighted by Gasteiger charge is -2.02. The van der Waals surface area contributed by atoms with Crippen LogP contribution in [0.25, 0.3) is 10.9 Å². The molecule has 2 rings (SSSR count). The number of aromatic nitrogens is 2. The predicted molar refractivity (Wildman–Crippen MR) is 52.2 cm³/mol. The number of carbonyl (C=O) groups excluding carboxylic acids is 1. The van der Waals surface area contributed by atoms with E-state index in [1.807, 2.05) is 19.2 Å². The largest absolute Gasteiger partial charge is 0.464 e. The maximum Gasteiger partial charge on any atom is 0.356 e. The Kier molecular flexibility index (Phi) is 1.96. The first-order chi connectivity index (χ1) is 6.74. The zero-order chi connectivity index (χ0) is 10.1. The van der Waals surface area contributed by atoms with E-state index in [2.05, 4.69) is 14.7 Å². The van der Waals surface area contributed by atoms with Gasteiger partial charge in [-0.25, -0.2) is 9.78 Å². The molecule has 0 amide bonds. The number of aryl methyl sites for hydroxylation is 1. The summed E-state index contributed by atoms with van der Waals surface area (Å²) in [5.41, 5.74) is 2.14. The molecule has 0 aromatic carbocycles. The maximum atomic E-state index is 11.3. The number of esters is 1. The number of pyridine rings is 1. The molecule has 0 saturated heterocycles. The lowest BCUT2D eigenvalue weighted by Crippen LogP contribution is -2.06. The van der Waals surface area contributed by atoms with Crippen LogP contribution in [0.15, 0.2) is 18.5 Å². The predicted octanol–water partition coefficient (Wildman–Crippen LogP) is 1.66. The summed E-state index contributed by atoms with van der Waals surface area (Å²) in [5, 5.41) is 1.00. The Morgan fingerprint density at radius 3 is 3.07 bits per heavy atom. The van der Waals surface area contributed by atoms with E-state index in [-0.39, 0.29) is 0 Å². The summed E-state index contributed by atoms with van der Waals surface area (Å²) in [5.74, 6) is -0.398. The molecule has 4 nitrogen and oxygen atoms in total. The Morgan fingerprint density at radius 1 is 1.57 bits per heavy atom. The van der Waals surface area contributed by atoms with Gasteiger partial charge in [-0.1, -0.05) is 0 Å². The second-order valence-electron chi connectivity index (χ2n) is 3.03. The molecule has 0 saturated carbocycles. The van der Waals surface area contributed by atoms with Crippen molar-refractivity contribution in [2.75, 3.05) is 7.11 Å². The van der Waals surface area contributed by atoms with Crippen molar-refractivity contribution in [3.05, 3.63) is 29.7 Å². The van der Waals surface area contributed by atoms with E-state index in [1.54, 1.807) is 6.20 Å². The van der Waals surface area contributed by atoms with Gasteiger partial charge in [-0.15, -0.1) is 0 Å². The molecule has 0 aliphatic rings. The third kappa shape index (κ3) is 1.16. The standard InChI is InChI=1S/C10H10N2O2/c1-6-7-3-4-11-8(7)5-12-9(6)10(13)14-2/h3-5,11H,1-2H3. The summed E-state index contributed by atoms with van der Waals surface area (Å²) in [6.07, 6.45) is 3.45. The number of methoxy groups -OCH3 is 1. The molecular formula is C10H10N2O2. The van der Waals surface area contributed by atoms with Crippen LogP contribution in [0.4, 0.5) is 0 Å². The SMILES string of the molecule is COC(=O)c1ncc2[nH]ccc2c1C. The number of H-pyrrole nitrogens is 1. The van der Waals surface area contributed by atoms with Gasteiger partial charge in [0.2, 0.25) is 0 Å². The van der Waals surface area contributed by atoms with Gasteiger partial charge in [0.05, 0.1) is 18.8 Å². The molecular weight excluding hydrogens is 180 g/mol. The van der Waals surface area contributed by atoms with Crippen LogP contribution in [0.2, 0.25) is 0 Å². The topological polar surface area (TPSA) is 55.0 Å². The number of carbonyl (C=O) groups is 1. The fourth-order valence-corrected chi connectivity index (χ4v) is 1.47. The molecule has 72 valence electrons. The lowest BCUT2D eigenvalue weighted by atomic mass is 10.1. The van der Waals surface area contributed by atoms with Crippen molar-refractivity contribution in [3.8, 4) is 0 Å². The highest BCUT2D eigenvalue weighted by Crippen LogP contribution is 2.18. The molecule has 0 aliphatic heterocycles. The number of fused-ring (bicyclic) bond motifs is 1. The van der Waals surface area contributed by atoms with Crippen LogP contribution >= 0.6 is 0 Å². The Bertz CT molecular complexity index is 488. The average molecular weight is 190 g/mol. The van der Waals surface area contributed by atoms with Gasteiger partial charge in [-0.05, 0) is 18.6 Å². The first-order valence-electron chi connectivity index (χ1n) is 4.25. The van der Waals surface area contributed by atoms with Crippen LogP contribution in [0.1, 0.15) is 16.1 Å². The van der Waals surface area contributed by atoms with Crippen molar-refractivity contribution >= 4 is 16.9 Å². The van der Waals surface area contributed by atoms with Gasteiger partial charge in [0, 0.05) is 11.6 Å². The monoisotopic (exact) mass is 190 g/mol. The molecule has 0 unspecified atom stereocenters. The van der Waals surface area contributed by atoms with E-state index < -0.39 is 5.97 Å². The van der Waals surface area contributed by atoms with E-state index in [9.17, 15) is 4.79 Å². The van der Waals surface area contributed by atoms with Crippen molar-refractivity contribution < 1.29 is 9.53 Å². The van der Waals surface area contributed by atoms with Crippen molar-refractivity contribution in [2.45, 2.75) is 6.92 Å². The molecule has 0 atom stereocenters. The molecule has 0 radical (unpaired) electrons. The quantitative estimate of drug-likeness (QED) is 0.696. The highest BCUT2D eigenvalue weighted by atomic mass is 16.5. The third-order valence-corrected chi connectivity index (χ3v) is 2.24. The summed E-state index contributed by atoms with van der Waals surface area (Å²) < 4.78 is 4.63. The number of rotatable bonds is 1. The van der Waals surface area contributed by atoms with Crippen molar-refractivity contribution in [1.82, 2.24) is 9.97 Å². The zero-order valence-electron chi connectivity index (χ0n) is 8.00. The maximum absolute atomic E-state index is 11.3. The van der Waals surface area contributed by atoms with Gasteiger partial charge in [0.15, 0.2) is 5.69 Å². The van der Waals surface area contributed by atoms with Gasteiger partial charge in [-0.2, -0.15) is 0 Å². The van der Waals surface area contributed by atoms with Crippen LogP contribution in [0, 0.1) is 6.92 Å². The minimum atomic E-state index is -0.398. The van der Waals surface area contributed by atoms with Crippen molar-refractivity contribution in [3.63, 3.8) is 0 Å². The number of hydrogen-bond acceptors (Lipinski definition) is 3. The van der Waals surface area contributed by atoms with Gasteiger partial charge in [0.25, 0.3) is 0 Å². The molecule has 2 heterocycles. The van der Waals surface area contributed by atoms with Crippen LogP contribution in [0.5, 0.6) is 0 Å². The molecule has 0 bridgehead atoms. The molecule has 1 N–H and O–H groups in total. The summed E-state index contributed by atoms with van der Waals surface area (Å²) in [6.45, 7) is 1.86. The number of aromatic amines is 1. The molecule has 2 aromatic rings. The normalized spacial score (nSPS) is 10.4. The number of nitrogens with zero attached hydrogens (tertiary/aromatic N) is 1. The van der Waals surface area contributed by atoms with Gasteiger partial charge in [-0.3, -0.25) is 0 Å². The first kappa shape index (κ1) is 8.74. The van der Waals surface area contributed by atoms with E-state index in [4.69, 9.17) is 0 Å². The Morgan fingerprint density at radius 2 is 2.36 bits per heavy atom. The van der Waals surface area contributed by atoms with Gasteiger partial charge in [0.1, 0.15) is 0 Å². The van der Waals surface area contributed by atoms with Crippen molar-refractivity contribution in [2.24, 2.45) is 0 Å². The minimum absolute atomic E-state index is 0.375. The van der Waals surface area contributed by atoms with E-state index >= 15 is 0 Å². The van der Waals surface area contributed by atoms with Crippen LogP contribution in [-0.2, 0) is 4.74 Å². The van der Waals surface area contributed by atoms with E-state index in [0.717, 1.165) is 16.5 Å². The molecule has 4 heteroatoms. The molecule has 0 spiro atoms. The number of hydrogen-bond donors (Lipinski definition) is 1. The smallest absolute Gasteiger partial charge is 0.356 e. The van der Waals surface area contributed by atoms with E-state index in [0.29, 0.717) is 5.69 Å². The van der Waals surface area contributed by atoms with Gasteiger partial charge < -0.3 is 9.72 Å². The van der Waals surface area contributed by atoms with E-state index in [1.165, 1.54) is 7.11 Å². The van der Waals surface area contributed by atoms with Crippen LogP contribution < -0.4 is 0 Å². The highest BCUT2D eigenvalue weighted by molar-refractivity contribution is 5.95. The van der Waals surface area contributed by atoms with Gasteiger partial charge >= 0.3 is 5.97 Å². The third-order valence-electron chi connectivity index (χ3n) is 2.24. The highest BCUT2D eigenvalue weighted by Gasteiger charge is 2.13. The summed E-state index contributed by atoms with van der Waals surface area (Å²) in [4.78, 5) is 18.4. The van der Waals surface area contributed by atoms with Crippen LogP contribution in [0.3, 0.4) is 0 Å². The second-order valence-corrected chi connectivity index (χ2v) is 3.03. The average Bonchev–Trinajstić information content (AvgIpc) is 2.66. The Hall–Kier alpha value is -1.84. The molecule has 0 fully saturated rings. The van der Waals surface area contributed by atoms with Crippen LogP contribution in [-0.4, -0.2) is 23.0 Å². The fourth-order valence-electron chi connectivity index (χ4n) is 1.47. The molecule has 0 aliphatic carbocycles. The Balaban J connectivity index is 2.67. The zero-order valence-corrected chi connectivity index (χ0v) is 8.00. The molecule has 14 heavy (non-hydrogen) atoms. The van der Waals surface area contributed by atoms with Crippen molar-refractivity contribution in [1.29, 1.82) is 0 Å². The summed E-state index contributed by atoms with van der Waals surface area (Å²) in [7, 11) is 1.35. The Labute approximate surface area is 80.9 Å². The minimum Gasteiger partial charge on any atom is -0.464 e.